The Kier molecular flexibility index (Phi) is 2.31. The van der Waals surface area contributed by atoms with Crippen LogP contribution in [0.3, 0.4) is 0 Å². The number of Topliss-reactive ketones (excluding diaryl/α,β-unsaturated/α-hetero) is 1. The van der Waals surface area contributed by atoms with Gasteiger partial charge in [-0.1, -0.05) is 18.5 Å². The van der Waals surface area contributed by atoms with Crippen LogP contribution in [0.5, 0.6) is 0 Å². The second kappa shape index (κ2) is 3.35. The van der Waals surface area contributed by atoms with Crippen LogP contribution in [0.25, 0.3) is 0 Å². The van der Waals surface area contributed by atoms with E-state index in [-0.39, 0.29) is 16.7 Å². The van der Waals surface area contributed by atoms with E-state index in [9.17, 15) is 9.18 Å². The molecular formula is C11H10ClFO. The summed E-state index contributed by atoms with van der Waals surface area (Å²) >= 11 is 5.64. The largest absolute Gasteiger partial charge is 0.294 e. The molecule has 0 aromatic heterocycles. The molecule has 1 aromatic rings. The fraction of sp³-hybridized carbons (Fsp3) is 0.364. The van der Waals surface area contributed by atoms with Gasteiger partial charge >= 0.3 is 0 Å². The molecule has 1 atom stereocenters. The van der Waals surface area contributed by atoms with Gasteiger partial charge in [-0.25, -0.2) is 4.39 Å². The summed E-state index contributed by atoms with van der Waals surface area (Å²) in [6.45, 7) is 1.87. The summed E-state index contributed by atoms with van der Waals surface area (Å²) in [6.07, 6.45) is 1.32. The molecule has 1 nitrogen and oxygen atoms in total. The molecule has 0 aliphatic heterocycles. The van der Waals surface area contributed by atoms with E-state index in [0.717, 1.165) is 0 Å². The fourth-order valence-electron chi connectivity index (χ4n) is 1.83. The van der Waals surface area contributed by atoms with Crippen molar-refractivity contribution in [2.75, 3.05) is 0 Å². The van der Waals surface area contributed by atoms with Crippen LogP contribution < -0.4 is 0 Å². The maximum absolute atomic E-state index is 13.5. The molecular weight excluding hydrogens is 203 g/mol. The first-order chi connectivity index (χ1) is 6.61. The minimum atomic E-state index is -0.426. The highest BCUT2D eigenvalue weighted by molar-refractivity contribution is 6.31. The smallest absolute Gasteiger partial charge is 0.166 e. The lowest BCUT2D eigenvalue weighted by Gasteiger charge is -2.20. The quantitative estimate of drug-likeness (QED) is 0.645. The molecule has 14 heavy (non-hydrogen) atoms. The average molecular weight is 213 g/mol. The Balaban J connectivity index is 2.59. The number of benzene rings is 1. The summed E-state index contributed by atoms with van der Waals surface area (Å²) in [7, 11) is 0. The summed E-state index contributed by atoms with van der Waals surface area (Å²) < 4.78 is 13.5. The number of ketones is 1. The van der Waals surface area contributed by atoms with Crippen molar-refractivity contribution >= 4 is 17.4 Å². The van der Waals surface area contributed by atoms with Crippen LogP contribution in [0.1, 0.15) is 29.3 Å². The average Bonchev–Trinajstić information content (AvgIpc) is 2.17. The van der Waals surface area contributed by atoms with Crippen molar-refractivity contribution in [1.82, 2.24) is 0 Å². The third kappa shape index (κ3) is 1.34. The molecule has 0 radical (unpaired) electrons. The predicted molar refractivity (Wildman–Crippen MR) is 53.2 cm³/mol. The van der Waals surface area contributed by atoms with Crippen LogP contribution in [-0.4, -0.2) is 5.78 Å². The highest BCUT2D eigenvalue weighted by Crippen LogP contribution is 2.30. The van der Waals surface area contributed by atoms with Crippen molar-refractivity contribution in [3.05, 3.63) is 34.1 Å². The van der Waals surface area contributed by atoms with Crippen molar-refractivity contribution in [3.63, 3.8) is 0 Å². The first kappa shape index (κ1) is 9.66. The van der Waals surface area contributed by atoms with Crippen molar-refractivity contribution in [2.24, 2.45) is 5.92 Å². The second-order valence-corrected chi connectivity index (χ2v) is 4.10. The zero-order chi connectivity index (χ0) is 10.3. The third-order valence-electron chi connectivity index (χ3n) is 2.74. The van der Waals surface area contributed by atoms with Gasteiger partial charge in [0.2, 0.25) is 0 Å². The predicted octanol–water partition coefficient (Wildman–Crippen LogP) is 3.24. The van der Waals surface area contributed by atoms with E-state index in [1.807, 2.05) is 6.92 Å². The summed E-state index contributed by atoms with van der Waals surface area (Å²) in [5, 5.41) is 0.103. The molecule has 1 aliphatic carbocycles. The van der Waals surface area contributed by atoms with Crippen LogP contribution in [0, 0.1) is 11.7 Å². The highest BCUT2D eigenvalue weighted by Gasteiger charge is 2.26. The van der Waals surface area contributed by atoms with E-state index < -0.39 is 5.82 Å². The maximum Gasteiger partial charge on any atom is 0.166 e. The zero-order valence-electron chi connectivity index (χ0n) is 7.81. The number of hydrogen-bond acceptors (Lipinski definition) is 1. The summed E-state index contributed by atoms with van der Waals surface area (Å²) in [6, 6.07) is 3.07. The molecule has 3 heteroatoms. The molecule has 0 spiro atoms. The van der Waals surface area contributed by atoms with Crippen LogP contribution in [0.15, 0.2) is 12.1 Å². The van der Waals surface area contributed by atoms with Gasteiger partial charge < -0.3 is 0 Å². The maximum atomic E-state index is 13.5. The minimum Gasteiger partial charge on any atom is -0.294 e. The Morgan fingerprint density at radius 3 is 2.93 bits per heavy atom. The van der Waals surface area contributed by atoms with E-state index in [2.05, 4.69) is 0 Å². The molecule has 1 aromatic carbocycles. The van der Waals surface area contributed by atoms with Gasteiger partial charge in [0.05, 0.1) is 5.02 Å². The van der Waals surface area contributed by atoms with Crippen LogP contribution in [-0.2, 0) is 6.42 Å². The van der Waals surface area contributed by atoms with E-state index in [4.69, 9.17) is 11.6 Å². The molecule has 2 rings (SSSR count). The van der Waals surface area contributed by atoms with Gasteiger partial charge in [0, 0.05) is 17.0 Å². The lowest BCUT2D eigenvalue weighted by molar-refractivity contribution is 0.0912. The van der Waals surface area contributed by atoms with E-state index >= 15 is 0 Å². The Morgan fingerprint density at radius 2 is 2.21 bits per heavy atom. The number of carbonyl (C=O) groups excluding carboxylic acids is 1. The molecule has 0 N–H and O–H groups in total. The molecule has 1 aliphatic rings. The van der Waals surface area contributed by atoms with Gasteiger partial charge in [-0.2, -0.15) is 0 Å². The van der Waals surface area contributed by atoms with Crippen molar-refractivity contribution < 1.29 is 9.18 Å². The number of carbonyl (C=O) groups is 1. The monoisotopic (exact) mass is 212 g/mol. The van der Waals surface area contributed by atoms with Crippen molar-refractivity contribution in [2.45, 2.75) is 19.8 Å². The highest BCUT2D eigenvalue weighted by atomic mass is 35.5. The van der Waals surface area contributed by atoms with Gasteiger partial charge in [-0.3, -0.25) is 4.79 Å². The fourth-order valence-corrected chi connectivity index (χ4v) is 2.00. The van der Waals surface area contributed by atoms with Crippen LogP contribution >= 0.6 is 11.6 Å². The van der Waals surface area contributed by atoms with E-state index in [0.29, 0.717) is 24.0 Å². The first-order valence-electron chi connectivity index (χ1n) is 4.62. The lowest BCUT2D eigenvalue weighted by Crippen LogP contribution is -2.21. The van der Waals surface area contributed by atoms with Gasteiger partial charge in [0.1, 0.15) is 5.82 Å². The van der Waals surface area contributed by atoms with Gasteiger partial charge in [0.25, 0.3) is 0 Å². The van der Waals surface area contributed by atoms with Crippen molar-refractivity contribution in [1.29, 1.82) is 0 Å². The molecule has 0 saturated heterocycles. The minimum absolute atomic E-state index is 0.00285. The Labute approximate surface area is 86.9 Å². The molecule has 0 saturated carbocycles. The second-order valence-electron chi connectivity index (χ2n) is 3.69. The SMILES string of the molecule is CC1CCc2c(ccc(Cl)c2F)C1=O. The van der Waals surface area contributed by atoms with E-state index in [1.54, 1.807) is 6.07 Å². The molecule has 0 amide bonds. The van der Waals surface area contributed by atoms with Gasteiger partial charge in [0.15, 0.2) is 5.78 Å². The summed E-state index contributed by atoms with van der Waals surface area (Å²) in [5.41, 5.74) is 0.992. The molecule has 0 heterocycles. The van der Waals surface area contributed by atoms with Crippen molar-refractivity contribution in [3.8, 4) is 0 Å². The molecule has 0 bridgehead atoms. The Morgan fingerprint density at radius 1 is 1.50 bits per heavy atom. The Hall–Kier alpha value is -0.890. The third-order valence-corrected chi connectivity index (χ3v) is 3.03. The van der Waals surface area contributed by atoms with Gasteiger partial charge in [-0.15, -0.1) is 0 Å². The lowest BCUT2D eigenvalue weighted by atomic mass is 9.83. The van der Waals surface area contributed by atoms with E-state index in [1.165, 1.54) is 6.07 Å². The van der Waals surface area contributed by atoms with Gasteiger partial charge in [-0.05, 0) is 25.0 Å². The van der Waals surface area contributed by atoms with Crippen LogP contribution in [0.2, 0.25) is 5.02 Å². The Bertz CT molecular complexity index is 401. The standard InChI is InChI=1S/C11H10ClFO/c1-6-2-3-7-8(11(6)14)4-5-9(12)10(7)13/h4-6H,2-3H2,1H3. The number of halogens is 2. The summed E-state index contributed by atoms with van der Waals surface area (Å²) in [4.78, 5) is 11.7. The summed E-state index contributed by atoms with van der Waals surface area (Å²) in [5.74, 6) is -0.394. The van der Waals surface area contributed by atoms with Crippen LogP contribution in [0.4, 0.5) is 4.39 Å². The zero-order valence-corrected chi connectivity index (χ0v) is 8.57. The normalized spacial score (nSPS) is 20.8. The topological polar surface area (TPSA) is 17.1 Å². The number of hydrogen-bond donors (Lipinski definition) is 0. The molecule has 1 unspecified atom stereocenters. The molecule has 0 fully saturated rings. The number of fused-ring (bicyclic) bond motifs is 1. The number of rotatable bonds is 0. The first-order valence-corrected chi connectivity index (χ1v) is 5.00. The molecule has 74 valence electrons.